The zero-order valence-electron chi connectivity index (χ0n) is 14.1. The third-order valence-electron chi connectivity index (χ3n) is 5.63. The summed E-state index contributed by atoms with van der Waals surface area (Å²) in [4.78, 5) is 12.5. The molecule has 0 spiro atoms. The Labute approximate surface area is 138 Å². The molecule has 0 aromatic heterocycles. The Morgan fingerprint density at radius 1 is 1.35 bits per heavy atom. The monoisotopic (exact) mass is 316 g/mol. The van der Waals surface area contributed by atoms with E-state index in [9.17, 15) is 4.79 Å². The van der Waals surface area contributed by atoms with Crippen LogP contribution in [0.4, 0.5) is 0 Å². The molecule has 126 valence electrons. The van der Waals surface area contributed by atoms with Gasteiger partial charge in [-0.2, -0.15) is 0 Å². The van der Waals surface area contributed by atoms with Gasteiger partial charge in [0.05, 0.1) is 12.5 Å². The number of ether oxygens (including phenoxy) is 1. The Morgan fingerprint density at radius 2 is 2.09 bits per heavy atom. The lowest BCUT2D eigenvalue weighted by atomic mass is 9.84. The first-order chi connectivity index (χ1) is 11.1. The van der Waals surface area contributed by atoms with Gasteiger partial charge in [0.15, 0.2) is 0 Å². The van der Waals surface area contributed by atoms with Crippen LogP contribution in [0.1, 0.15) is 38.2 Å². The van der Waals surface area contributed by atoms with Crippen LogP contribution in [0.15, 0.2) is 24.3 Å². The average Bonchev–Trinajstić information content (AvgIpc) is 3.14. The molecule has 1 aromatic rings. The highest BCUT2D eigenvalue weighted by molar-refractivity contribution is 5.80. The molecule has 0 heterocycles. The molecule has 2 bridgehead atoms. The summed E-state index contributed by atoms with van der Waals surface area (Å²) in [5, 5.41) is 3.09. The zero-order chi connectivity index (χ0) is 16.4. The van der Waals surface area contributed by atoms with Crippen LogP contribution in [-0.2, 0) is 4.79 Å². The second-order valence-corrected chi connectivity index (χ2v) is 7.10. The van der Waals surface area contributed by atoms with E-state index in [-0.39, 0.29) is 24.0 Å². The molecule has 3 N–H and O–H groups in total. The van der Waals surface area contributed by atoms with Gasteiger partial charge in [-0.1, -0.05) is 25.1 Å². The summed E-state index contributed by atoms with van der Waals surface area (Å²) in [5.41, 5.74) is 7.37. The summed E-state index contributed by atoms with van der Waals surface area (Å²) in [6.45, 7) is 4.66. The summed E-state index contributed by atoms with van der Waals surface area (Å²) in [6, 6.07) is 8.04. The summed E-state index contributed by atoms with van der Waals surface area (Å²) in [7, 11) is 0. The highest BCUT2D eigenvalue weighted by Crippen LogP contribution is 2.47. The Balaban J connectivity index is 1.54. The highest BCUT2D eigenvalue weighted by atomic mass is 16.5. The Kier molecular flexibility index (Phi) is 4.90. The molecule has 2 aliphatic carbocycles. The van der Waals surface area contributed by atoms with E-state index >= 15 is 0 Å². The maximum atomic E-state index is 12.5. The molecule has 1 amide bonds. The summed E-state index contributed by atoms with van der Waals surface area (Å²) >= 11 is 0. The molecule has 3 rings (SSSR count). The van der Waals surface area contributed by atoms with E-state index in [2.05, 4.69) is 12.2 Å². The molecule has 1 aromatic carbocycles. The van der Waals surface area contributed by atoms with Gasteiger partial charge >= 0.3 is 0 Å². The van der Waals surface area contributed by atoms with Crippen molar-refractivity contribution in [2.45, 2.75) is 51.7 Å². The normalized spacial score (nSPS) is 30.2. The Morgan fingerprint density at radius 3 is 2.74 bits per heavy atom. The fourth-order valence-corrected chi connectivity index (χ4v) is 4.19. The standard InChI is InChI=1S/C19H28N2O2/c1-3-15(23-16-7-5-4-6-12(16)2)11-21-19(22)17-13-8-9-14(10-13)18(17)20/h4-7,13-15,17-18H,3,8-11,20H2,1-2H3,(H,21,22). The van der Waals surface area contributed by atoms with Crippen LogP contribution >= 0.6 is 0 Å². The van der Waals surface area contributed by atoms with Gasteiger partial charge in [0.25, 0.3) is 0 Å². The van der Waals surface area contributed by atoms with Gasteiger partial charge < -0.3 is 15.8 Å². The maximum Gasteiger partial charge on any atom is 0.225 e. The third kappa shape index (κ3) is 3.37. The number of hydrogen-bond donors (Lipinski definition) is 2. The minimum Gasteiger partial charge on any atom is -0.488 e. The molecule has 0 radical (unpaired) electrons. The molecule has 5 unspecified atom stereocenters. The van der Waals surface area contributed by atoms with Crippen LogP contribution in [0.2, 0.25) is 0 Å². The fourth-order valence-electron chi connectivity index (χ4n) is 4.19. The van der Waals surface area contributed by atoms with Crippen molar-refractivity contribution < 1.29 is 9.53 Å². The van der Waals surface area contributed by atoms with Gasteiger partial charge in [-0.05, 0) is 56.1 Å². The predicted molar refractivity (Wildman–Crippen MR) is 91.2 cm³/mol. The van der Waals surface area contributed by atoms with Gasteiger partial charge in [-0.15, -0.1) is 0 Å². The fraction of sp³-hybridized carbons (Fsp3) is 0.632. The highest BCUT2D eigenvalue weighted by Gasteiger charge is 2.48. The van der Waals surface area contributed by atoms with Crippen LogP contribution < -0.4 is 15.8 Å². The number of fused-ring (bicyclic) bond motifs is 2. The molecule has 5 atom stereocenters. The van der Waals surface area contributed by atoms with Crippen molar-refractivity contribution in [2.24, 2.45) is 23.5 Å². The third-order valence-corrected chi connectivity index (χ3v) is 5.63. The van der Waals surface area contributed by atoms with Gasteiger partial charge in [-0.3, -0.25) is 4.79 Å². The summed E-state index contributed by atoms with van der Waals surface area (Å²) < 4.78 is 6.05. The minimum atomic E-state index is -0.00475. The second kappa shape index (κ2) is 6.91. The van der Waals surface area contributed by atoms with Crippen molar-refractivity contribution in [3.05, 3.63) is 29.8 Å². The molecule has 4 heteroatoms. The number of para-hydroxylation sites is 1. The van der Waals surface area contributed by atoms with Crippen LogP contribution in [0.3, 0.4) is 0 Å². The molecule has 23 heavy (non-hydrogen) atoms. The number of carbonyl (C=O) groups is 1. The average molecular weight is 316 g/mol. The molecule has 2 saturated carbocycles. The molecule has 4 nitrogen and oxygen atoms in total. The predicted octanol–water partition coefficient (Wildman–Crippen LogP) is 2.64. The second-order valence-electron chi connectivity index (χ2n) is 7.10. The summed E-state index contributed by atoms with van der Waals surface area (Å²) in [6.07, 6.45) is 4.35. The lowest BCUT2D eigenvalue weighted by molar-refractivity contribution is -0.127. The molecular formula is C19H28N2O2. The maximum absolute atomic E-state index is 12.5. The van der Waals surface area contributed by atoms with Gasteiger partial charge in [0.2, 0.25) is 5.91 Å². The van der Waals surface area contributed by atoms with Crippen molar-refractivity contribution in [3.63, 3.8) is 0 Å². The molecule has 2 fully saturated rings. The number of rotatable bonds is 6. The molecule has 0 aliphatic heterocycles. The summed E-state index contributed by atoms with van der Waals surface area (Å²) in [5.74, 6) is 2.07. The van der Waals surface area contributed by atoms with E-state index in [0.29, 0.717) is 18.4 Å². The van der Waals surface area contributed by atoms with E-state index in [1.807, 2.05) is 31.2 Å². The van der Waals surface area contributed by atoms with E-state index in [1.54, 1.807) is 0 Å². The van der Waals surface area contributed by atoms with Gasteiger partial charge in [0.1, 0.15) is 11.9 Å². The van der Waals surface area contributed by atoms with Crippen LogP contribution in [0, 0.1) is 24.7 Å². The minimum absolute atomic E-state index is 0.00437. The Bertz CT molecular complexity index is 558. The van der Waals surface area contributed by atoms with Crippen LogP contribution in [0.5, 0.6) is 5.75 Å². The lowest BCUT2D eigenvalue weighted by Gasteiger charge is -2.28. The number of aryl methyl sites for hydroxylation is 1. The molecule has 0 saturated heterocycles. The molecular weight excluding hydrogens is 288 g/mol. The van der Waals surface area contributed by atoms with Crippen molar-refractivity contribution in [2.75, 3.05) is 6.54 Å². The quantitative estimate of drug-likeness (QED) is 0.848. The number of nitrogens with two attached hydrogens (primary N) is 1. The van der Waals surface area contributed by atoms with Crippen LogP contribution in [-0.4, -0.2) is 24.6 Å². The van der Waals surface area contributed by atoms with Crippen molar-refractivity contribution >= 4 is 5.91 Å². The van der Waals surface area contributed by atoms with Crippen molar-refractivity contribution in [1.82, 2.24) is 5.32 Å². The van der Waals surface area contributed by atoms with E-state index < -0.39 is 0 Å². The zero-order valence-corrected chi connectivity index (χ0v) is 14.1. The van der Waals surface area contributed by atoms with Crippen molar-refractivity contribution in [3.8, 4) is 5.75 Å². The smallest absolute Gasteiger partial charge is 0.225 e. The Hall–Kier alpha value is -1.55. The van der Waals surface area contributed by atoms with Gasteiger partial charge in [0, 0.05) is 6.04 Å². The molecule has 2 aliphatic rings. The van der Waals surface area contributed by atoms with Gasteiger partial charge in [-0.25, -0.2) is 0 Å². The van der Waals surface area contributed by atoms with E-state index in [0.717, 1.165) is 30.6 Å². The SMILES string of the molecule is CCC(CNC(=O)C1C2CCC(C2)C1N)Oc1ccccc1C. The first-order valence-electron chi connectivity index (χ1n) is 8.85. The first kappa shape index (κ1) is 16.3. The number of carbonyl (C=O) groups excluding carboxylic acids is 1. The topological polar surface area (TPSA) is 64.4 Å². The van der Waals surface area contributed by atoms with E-state index in [4.69, 9.17) is 10.5 Å². The number of nitrogens with one attached hydrogen (secondary N) is 1. The van der Waals surface area contributed by atoms with Crippen LogP contribution in [0.25, 0.3) is 0 Å². The van der Waals surface area contributed by atoms with E-state index in [1.165, 1.54) is 6.42 Å². The van der Waals surface area contributed by atoms with Crippen molar-refractivity contribution in [1.29, 1.82) is 0 Å². The lowest BCUT2D eigenvalue weighted by Crippen LogP contribution is -2.47. The number of hydrogen-bond acceptors (Lipinski definition) is 3. The first-order valence-corrected chi connectivity index (χ1v) is 8.85. The number of benzene rings is 1. The number of amides is 1. The largest absolute Gasteiger partial charge is 0.488 e.